The molecule has 31 heavy (non-hydrogen) atoms. The molecule has 0 bridgehead atoms. The fraction of sp³-hybridized carbons (Fsp3) is 0.111. The number of hydrogen-bond donors (Lipinski definition) is 1. The van der Waals surface area contributed by atoms with Crippen molar-refractivity contribution in [3.8, 4) is 0 Å². The first-order valence-corrected chi connectivity index (χ1v) is 11.3. The highest BCUT2D eigenvalue weighted by atomic mass is 32.1. The second-order valence-corrected chi connectivity index (χ2v) is 9.02. The van der Waals surface area contributed by atoms with E-state index in [-0.39, 0.29) is 11.8 Å². The lowest BCUT2D eigenvalue weighted by atomic mass is 9.90. The van der Waals surface area contributed by atoms with E-state index in [2.05, 4.69) is 29.6 Å². The Labute approximate surface area is 184 Å². The minimum atomic E-state index is -0.382. The van der Waals surface area contributed by atoms with E-state index in [1.165, 1.54) is 21.9 Å². The highest BCUT2D eigenvalue weighted by molar-refractivity contribution is 7.22. The molecule has 0 aliphatic heterocycles. The van der Waals surface area contributed by atoms with Gasteiger partial charge in [0.15, 0.2) is 5.13 Å². The van der Waals surface area contributed by atoms with Gasteiger partial charge in [0.25, 0.3) is 0 Å². The number of aryl methyl sites for hydroxylation is 2. The third-order valence-corrected chi connectivity index (χ3v) is 7.03. The van der Waals surface area contributed by atoms with Crippen LogP contribution in [0.3, 0.4) is 0 Å². The van der Waals surface area contributed by atoms with Gasteiger partial charge in [-0.15, -0.1) is 0 Å². The van der Waals surface area contributed by atoms with Crippen LogP contribution >= 0.6 is 11.3 Å². The van der Waals surface area contributed by atoms with Gasteiger partial charge in [-0.25, -0.2) is 4.98 Å². The number of aromatic nitrogens is 1. The van der Waals surface area contributed by atoms with Gasteiger partial charge >= 0.3 is 0 Å². The predicted octanol–water partition coefficient (Wildman–Crippen LogP) is 6.32. The van der Waals surface area contributed by atoms with Gasteiger partial charge in [0, 0.05) is 5.39 Å². The summed E-state index contributed by atoms with van der Waals surface area (Å²) < 4.78 is 1.13. The molecule has 0 spiro atoms. The zero-order chi connectivity index (χ0) is 20.8. The first-order valence-electron chi connectivity index (χ1n) is 10.5. The van der Waals surface area contributed by atoms with Crippen LogP contribution in [0.1, 0.15) is 28.2 Å². The summed E-state index contributed by atoms with van der Waals surface area (Å²) in [6, 6.07) is 28.6. The molecule has 1 aliphatic carbocycles. The molecule has 4 aromatic carbocycles. The second kappa shape index (κ2) is 7.33. The Balaban J connectivity index is 1.40. The molecular weight excluding hydrogens is 400 g/mol. The van der Waals surface area contributed by atoms with Crippen LogP contribution in [0.25, 0.3) is 21.0 Å². The Morgan fingerprint density at radius 2 is 1.52 bits per heavy atom. The molecule has 1 aromatic heterocycles. The van der Waals surface area contributed by atoms with E-state index >= 15 is 0 Å². The lowest BCUT2D eigenvalue weighted by Crippen LogP contribution is -2.22. The van der Waals surface area contributed by atoms with Gasteiger partial charge in [-0.05, 0) is 46.5 Å². The van der Waals surface area contributed by atoms with Gasteiger partial charge in [0.1, 0.15) is 0 Å². The van der Waals surface area contributed by atoms with Crippen LogP contribution in [0.5, 0.6) is 0 Å². The summed E-state index contributed by atoms with van der Waals surface area (Å²) >= 11 is 1.56. The van der Waals surface area contributed by atoms with Crippen molar-refractivity contribution < 1.29 is 4.79 Å². The third-order valence-electron chi connectivity index (χ3n) is 6.11. The SMILES string of the molecule is O=C(Nc1nc2c(cc3c4c(cccc42)CC3)s1)C(c1ccccc1)c1ccccc1. The first kappa shape index (κ1) is 18.3. The molecule has 1 heterocycles. The molecule has 1 aliphatic rings. The number of amides is 1. The molecule has 3 nitrogen and oxygen atoms in total. The maximum atomic E-state index is 13.4. The van der Waals surface area contributed by atoms with E-state index in [0.717, 1.165) is 34.2 Å². The van der Waals surface area contributed by atoms with Crippen LogP contribution < -0.4 is 5.32 Å². The van der Waals surface area contributed by atoms with Crippen molar-refractivity contribution >= 4 is 43.4 Å². The quantitative estimate of drug-likeness (QED) is 0.370. The number of carbonyl (C=O) groups excluding carboxylic acids is 1. The molecule has 1 N–H and O–H groups in total. The molecule has 4 heteroatoms. The first-order chi connectivity index (χ1) is 15.3. The van der Waals surface area contributed by atoms with Gasteiger partial charge < -0.3 is 5.32 Å². The molecule has 0 saturated heterocycles. The van der Waals surface area contributed by atoms with Crippen LogP contribution in [-0.4, -0.2) is 10.9 Å². The molecule has 150 valence electrons. The van der Waals surface area contributed by atoms with E-state index in [4.69, 9.17) is 4.98 Å². The van der Waals surface area contributed by atoms with Crippen LogP contribution in [0.15, 0.2) is 84.9 Å². The molecule has 6 rings (SSSR count). The monoisotopic (exact) mass is 420 g/mol. The topological polar surface area (TPSA) is 42.0 Å². The van der Waals surface area contributed by atoms with Crippen molar-refractivity contribution in [3.05, 3.63) is 107 Å². The molecule has 0 saturated carbocycles. The number of nitrogens with zero attached hydrogens (tertiary/aromatic N) is 1. The number of fused-ring (bicyclic) bond motifs is 2. The summed E-state index contributed by atoms with van der Waals surface area (Å²) in [5, 5.41) is 6.32. The number of benzene rings is 4. The molecule has 1 amide bonds. The van der Waals surface area contributed by atoms with Gasteiger partial charge in [-0.2, -0.15) is 0 Å². The normalized spacial score (nSPS) is 12.7. The number of anilines is 1. The summed E-state index contributed by atoms with van der Waals surface area (Å²) in [6.45, 7) is 0. The zero-order valence-corrected chi connectivity index (χ0v) is 17.7. The largest absolute Gasteiger partial charge is 0.301 e. The summed E-state index contributed by atoms with van der Waals surface area (Å²) in [6.07, 6.45) is 2.18. The van der Waals surface area contributed by atoms with E-state index in [1.807, 2.05) is 60.7 Å². The van der Waals surface area contributed by atoms with Crippen molar-refractivity contribution in [2.24, 2.45) is 0 Å². The maximum Gasteiger partial charge on any atom is 0.238 e. The average Bonchev–Trinajstić information content (AvgIpc) is 3.40. The maximum absolute atomic E-state index is 13.4. The smallest absolute Gasteiger partial charge is 0.238 e. The standard InChI is InChI=1S/C27H20N2OS/c30-26(24(17-8-3-1-4-9-17)18-10-5-2-6-11-18)29-27-28-25-21-13-7-12-19-14-15-20(23(19)21)16-22(25)31-27/h1-13,16,24H,14-15H2,(H,28,29,30). The number of thiazole rings is 1. The average molecular weight is 421 g/mol. The summed E-state index contributed by atoms with van der Waals surface area (Å²) in [5.41, 5.74) is 5.73. The van der Waals surface area contributed by atoms with Crippen molar-refractivity contribution in [2.45, 2.75) is 18.8 Å². The highest BCUT2D eigenvalue weighted by Crippen LogP contribution is 2.39. The molecule has 0 fully saturated rings. The van der Waals surface area contributed by atoms with Gasteiger partial charge in [0.2, 0.25) is 5.91 Å². The summed E-state index contributed by atoms with van der Waals surface area (Å²) in [5.74, 6) is -0.444. The summed E-state index contributed by atoms with van der Waals surface area (Å²) in [7, 11) is 0. The van der Waals surface area contributed by atoms with Gasteiger partial charge in [-0.1, -0.05) is 90.2 Å². The van der Waals surface area contributed by atoms with E-state index in [0.29, 0.717) is 5.13 Å². The molecule has 0 atom stereocenters. The molecule has 0 unspecified atom stereocenters. The van der Waals surface area contributed by atoms with E-state index in [1.54, 1.807) is 11.3 Å². The Morgan fingerprint density at radius 1 is 0.839 bits per heavy atom. The van der Waals surface area contributed by atoms with E-state index in [9.17, 15) is 4.79 Å². The second-order valence-electron chi connectivity index (χ2n) is 7.98. The molecular formula is C27H20N2OS. The third kappa shape index (κ3) is 3.11. The van der Waals surface area contributed by atoms with Crippen LogP contribution in [0.4, 0.5) is 5.13 Å². The van der Waals surface area contributed by atoms with Crippen molar-refractivity contribution in [1.29, 1.82) is 0 Å². The van der Waals surface area contributed by atoms with Gasteiger partial charge in [-0.3, -0.25) is 4.79 Å². The Kier molecular flexibility index (Phi) is 4.32. The minimum Gasteiger partial charge on any atom is -0.301 e. The lowest BCUT2D eigenvalue weighted by molar-refractivity contribution is -0.116. The number of hydrogen-bond acceptors (Lipinski definition) is 3. The molecule has 0 radical (unpaired) electrons. The van der Waals surface area contributed by atoms with Crippen molar-refractivity contribution in [1.82, 2.24) is 4.98 Å². The van der Waals surface area contributed by atoms with Crippen LogP contribution in [0, 0.1) is 0 Å². The Bertz CT molecular complexity index is 1380. The zero-order valence-electron chi connectivity index (χ0n) is 16.8. The molecule has 5 aromatic rings. The highest BCUT2D eigenvalue weighted by Gasteiger charge is 2.24. The van der Waals surface area contributed by atoms with Crippen LogP contribution in [0.2, 0.25) is 0 Å². The fourth-order valence-electron chi connectivity index (χ4n) is 4.72. The van der Waals surface area contributed by atoms with Crippen LogP contribution in [-0.2, 0) is 17.6 Å². The van der Waals surface area contributed by atoms with Crippen molar-refractivity contribution in [3.63, 3.8) is 0 Å². The number of carbonyl (C=O) groups is 1. The fourth-order valence-corrected chi connectivity index (χ4v) is 5.67. The van der Waals surface area contributed by atoms with E-state index < -0.39 is 0 Å². The lowest BCUT2D eigenvalue weighted by Gasteiger charge is -2.16. The van der Waals surface area contributed by atoms with Crippen molar-refractivity contribution in [2.75, 3.05) is 5.32 Å². The predicted molar refractivity (Wildman–Crippen MR) is 128 cm³/mol. The van der Waals surface area contributed by atoms with Gasteiger partial charge in [0.05, 0.1) is 16.1 Å². The Hall–Kier alpha value is -3.50. The number of nitrogens with one attached hydrogen (secondary N) is 1. The summed E-state index contributed by atoms with van der Waals surface area (Å²) in [4.78, 5) is 18.3. The number of rotatable bonds is 4. The minimum absolute atomic E-state index is 0.0613. The Morgan fingerprint density at radius 3 is 2.23 bits per heavy atom.